The van der Waals surface area contributed by atoms with E-state index >= 15 is 0 Å². The molecule has 0 heterocycles. The smallest absolute Gasteiger partial charge is 0.0180 e. The van der Waals surface area contributed by atoms with Crippen molar-refractivity contribution in [2.75, 3.05) is 0 Å². The average Bonchev–Trinajstić information content (AvgIpc) is 2.18. The molecular formula is C10H17N3. The highest BCUT2D eigenvalue weighted by Crippen LogP contribution is 2.16. The van der Waals surface area contributed by atoms with E-state index in [0.29, 0.717) is 19.6 Å². The maximum atomic E-state index is 5.62. The molecule has 0 amide bonds. The third-order valence-corrected chi connectivity index (χ3v) is 2.36. The zero-order chi connectivity index (χ0) is 9.84. The van der Waals surface area contributed by atoms with Gasteiger partial charge in [-0.25, -0.2) is 0 Å². The van der Waals surface area contributed by atoms with Crippen LogP contribution in [0.2, 0.25) is 0 Å². The standard InChI is InChI=1S/C10H17N3/c1-7-9(5-12)2-8(4-11)3-10(7)6-13/h2-3H,4-6,11-13H2,1H3. The number of hydrogen-bond acceptors (Lipinski definition) is 3. The summed E-state index contributed by atoms with van der Waals surface area (Å²) in [6.45, 7) is 3.68. The van der Waals surface area contributed by atoms with Gasteiger partial charge in [0.2, 0.25) is 0 Å². The maximum Gasteiger partial charge on any atom is 0.0180 e. The molecule has 0 spiro atoms. The van der Waals surface area contributed by atoms with Gasteiger partial charge in [-0.05, 0) is 29.2 Å². The zero-order valence-electron chi connectivity index (χ0n) is 8.01. The minimum Gasteiger partial charge on any atom is -0.326 e. The van der Waals surface area contributed by atoms with E-state index in [0.717, 1.165) is 16.7 Å². The Morgan fingerprint density at radius 1 is 0.923 bits per heavy atom. The second-order valence-corrected chi connectivity index (χ2v) is 3.15. The summed E-state index contributed by atoms with van der Waals surface area (Å²) in [5, 5.41) is 0. The number of rotatable bonds is 3. The molecule has 0 aromatic heterocycles. The molecule has 0 bridgehead atoms. The molecule has 0 aliphatic carbocycles. The van der Waals surface area contributed by atoms with E-state index in [1.54, 1.807) is 0 Å². The molecule has 0 aliphatic heterocycles. The number of nitrogens with two attached hydrogens (primary N) is 3. The number of hydrogen-bond donors (Lipinski definition) is 3. The first-order chi connectivity index (χ1) is 6.22. The molecule has 0 saturated carbocycles. The molecule has 3 heteroatoms. The van der Waals surface area contributed by atoms with Crippen molar-refractivity contribution in [3.05, 3.63) is 34.4 Å². The predicted octanol–water partition coefficient (Wildman–Crippen LogP) is 0.371. The van der Waals surface area contributed by atoms with E-state index in [-0.39, 0.29) is 0 Å². The topological polar surface area (TPSA) is 78.1 Å². The highest BCUT2D eigenvalue weighted by atomic mass is 14.6. The van der Waals surface area contributed by atoms with Gasteiger partial charge in [-0.1, -0.05) is 12.1 Å². The first kappa shape index (κ1) is 10.2. The van der Waals surface area contributed by atoms with Crippen molar-refractivity contribution in [1.29, 1.82) is 0 Å². The molecule has 0 fully saturated rings. The highest BCUT2D eigenvalue weighted by molar-refractivity contribution is 5.38. The highest BCUT2D eigenvalue weighted by Gasteiger charge is 2.03. The van der Waals surface area contributed by atoms with Crippen molar-refractivity contribution in [3.8, 4) is 0 Å². The molecule has 0 saturated heterocycles. The van der Waals surface area contributed by atoms with Gasteiger partial charge in [0, 0.05) is 19.6 Å². The lowest BCUT2D eigenvalue weighted by Gasteiger charge is -2.11. The van der Waals surface area contributed by atoms with Gasteiger partial charge in [0.25, 0.3) is 0 Å². The molecule has 0 atom stereocenters. The molecule has 1 aromatic rings. The van der Waals surface area contributed by atoms with Gasteiger partial charge >= 0.3 is 0 Å². The minimum absolute atomic E-state index is 0.542. The first-order valence-electron chi connectivity index (χ1n) is 4.44. The van der Waals surface area contributed by atoms with Crippen molar-refractivity contribution in [2.24, 2.45) is 17.2 Å². The third-order valence-electron chi connectivity index (χ3n) is 2.36. The largest absolute Gasteiger partial charge is 0.326 e. The van der Waals surface area contributed by atoms with E-state index in [2.05, 4.69) is 12.1 Å². The Kier molecular flexibility index (Phi) is 3.42. The average molecular weight is 179 g/mol. The van der Waals surface area contributed by atoms with Crippen LogP contribution in [0.15, 0.2) is 12.1 Å². The molecule has 0 aliphatic rings. The van der Waals surface area contributed by atoms with Crippen molar-refractivity contribution in [1.82, 2.24) is 0 Å². The Balaban J connectivity index is 3.20. The van der Waals surface area contributed by atoms with Crippen LogP contribution in [-0.4, -0.2) is 0 Å². The molecule has 1 rings (SSSR count). The van der Waals surface area contributed by atoms with E-state index in [1.807, 2.05) is 6.92 Å². The summed E-state index contributed by atoms with van der Waals surface area (Å²) in [6.07, 6.45) is 0. The molecule has 13 heavy (non-hydrogen) atoms. The fourth-order valence-corrected chi connectivity index (χ4v) is 1.45. The SMILES string of the molecule is Cc1c(CN)cc(CN)cc1CN. The van der Waals surface area contributed by atoms with Gasteiger partial charge in [-0.2, -0.15) is 0 Å². The Labute approximate surface area is 78.9 Å². The monoisotopic (exact) mass is 179 g/mol. The van der Waals surface area contributed by atoms with E-state index in [1.165, 1.54) is 5.56 Å². The maximum absolute atomic E-state index is 5.62. The van der Waals surface area contributed by atoms with Crippen LogP contribution in [-0.2, 0) is 19.6 Å². The van der Waals surface area contributed by atoms with E-state index in [4.69, 9.17) is 17.2 Å². The van der Waals surface area contributed by atoms with Crippen LogP contribution in [0.5, 0.6) is 0 Å². The summed E-state index contributed by atoms with van der Waals surface area (Å²) in [4.78, 5) is 0. The number of benzene rings is 1. The molecule has 72 valence electrons. The minimum atomic E-state index is 0.542. The van der Waals surface area contributed by atoms with Crippen molar-refractivity contribution in [3.63, 3.8) is 0 Å². The fourth-order valence-electron chi connectivity index (χ4n) is 1.45. The Morgan fingerprint density at radius 3 is 1.69 bits per heavy atom. The van der Waals surface area contributed by atoms with Gasteiger partial charge in [-0.3, -0.25) is 0 Å². The summed E-state index contributed by atoms with van der Waals surface area (Å²) >= 11 is 0. The fraction of sp³-hybridized carbons (Fsp3) is 0.400. The predicted molar refractivity (Wildman–Crippen MR) is 54.9 cm³/mol. The second-order valence-electron chi connectivity index (χ2n) is 3.15. The lowest BCUT2D eigenvalue weighted by Crippen LogP contribution is -2.08. The summed E-state index contributed by atoms with van der Waals surface area (Å²) in [6, 6.07) is 4.10. The zero-order valence-corrected chi connectivity index (χ0v) is 8.01. The summed E-state index contributed by atoms with van der Waals surface area (Å²) in [7, 11) is 0. The van der Waals surface area contributed by atoms with Crippen LogP contribution in [0.25, 0.3) is 0 Å². The van der Waals surface area contributed by atoms with Gasteiger partial charge < -0.3 is 17.2 Å². The molecule has 6 N–H and O–H groups in total. The van der Waals surface area contributed by atoms with Crippen LogP contribution in [0.1, 0.15) is 22.3 Å². The lowest BCUT2D eigenvalue weighted by molar-refractivity contribution is 0.964. The second kappa shape index (κ2) is 4.37. The Hall–Kier alpha value is -0.900. The van der Waals surface area contributed by atoms with Crippen LogP contribution in [0.3, 0.4) is 0 Å². The van der Waals surface area contributed by atoms with Gasteiger partial charge in [0.15, 0.2) is 0 Å². The van der Waals surface area contributed by atoms with Crippen LogP contribution in [0.4, 0.5) is 0 Å². The van der Waals surface area contributed by atoms with Gasteiger partial charge in [-0.15, -0.1) is 0 Å². The normalized spacial score (nSPS) is 10.5. The Bertz CT molecular complexity index is 269. The van der Waals surface area contributed by atoms with Gasteiger partial charge in [0.1, 0.15) is 0 Å². The molecule has 3 nitrogen and oxygen atoms in total. The van der Waals surface area contributed by atoms with Gasteiger partial charge in [0.05, 0.1) is 0 Å². The van der Waals surface area contributed by atoms with Crippen molar-refractivity contribution in [2.45, 2.75) is 26.6 Å². The van der Waals surface area contributed by atoms with E-state index < -0.39 is 0 Å². The van der Waals surface area contributed by atoms with Crippen LogP contribution >= 0.6 is 0 Å². The molecule has 1 aromatic carbocycles. The van der Waals surface area contributed by atoms with Crippen LogP contribution < -0.4 is 17.2 Å². The van der Waals surface area contributed by atoms with Crippen molar-refractivity contribution >= 4 is 0 Å². The van der Waals surface area contributed by atoms with E-state index in [9.17, 15) is 0 Å². The van der Waals surface area contributed by atoms with Crippen molar-refractivity contribution < 1.29 is 0 Å². The lowest BCUT2D eigenvalue weighted by atomic mass is 9.98. The summed E-state index contributed by atoms with van der Waals surface area (Å²) in [5.74, 6) is 0. The molecule has 0 unspecified atom stereocenters. The molecule has 0 radical (unpaired) electrons. The summed E-state index contributed by atoms with van der Waals surface area (Å²) < 4.78 is 0. The quantitative estimate of drug-likeness (QED) is 0.627. The molecular weight excluding hydrogens is 162 g/mol. The summed E-state index contributed by atoms with van der Waals surface area (Å²) in [5.41, 5.74) is 21.4. The van der Waals surface area contributed by atoms with Crippen LogP contribution in [0, 0.1) is 6.92 Å². The Morgan fingerprint density at radius 2 is 1.38 bits per heavy atom. The first-order valence-corrected chi connectivity index (χ1v) is 4.44. The third kappa shape index (κ3) is 2.06.